The Hall–Kier alpha value is -1.56. The average molecular weight is 252 g/mol. The minimum atomic E-state index is -0.228. The minimum Gasteiger partial charge on any atom is -0.396 e. The average Bonchev–Trinajstić information content (AvgIpc) is 2.78. The molecule has 0 aromatic carbocycles. The Balaban J connectivity index is 1.88. The van der Waals surface area contributed by atoms with Crippen molar-refractivity contribution in [3.8, 4) is 0 Å². The second kappa shape index (κ2) is 5.86. The molecule has 1 aliphatic heterocycles. The smallest absolute Gasteiger partial charge is 0.274 e. The number of carbonyl (C=O) groups excluding carboxylic acids is 1. The van der Waals surface area contributed by atoms with E-state index < -0.39 is 0 Å². The molecular formula is C12H20N4O2. The van der Waals surface area contributed by atoms with Crippen LogP contribution in [-0.4, -0.2) is 34.9 Å². The van der Waals surface area contributed by atoms with Crippen LogP contribution in [0.4, 0.5) is 5.69 Å². The van der Waals surface area contributed by atoms with E-state index >= 15 is 0 Å². The molecule has 1 amide bonds. The van der Waals surface area contributed by atoms with Crippen LogP contribution in [0.5, 0.6) is 0 Å². The van der Waals surface area contributed by atoms with Crippen molar-refractivity contribution in [1.29, 1.82) is 0 Å². The van der Waals surface area contributed by atoms with Crippen LogP contribution in [0.2, 0.25) is 0 Å². The van der Waals surface area contributed by atoms with Gasteiger partial charge >= 0.3 is 0 Å². The highest BCUT2D eigenvalue weighted by Crippen LogP contribution is 2.12. The van der Waals surface area contributed by atoms with Crippen LogP contribution < -0.4 is 11.1 Å². The molecule has 1 aliphatic rings. The van der Waals surface area contributed by atoms with Crippen LogP contribution >= 0.6 is 0 Å². The van der Waals surface area contributed by atoms with E-state index in [1.165, 1.54) is 0 Å². The monoisotopic (exact) mass is 252 g/mol. The molecule has 1 atom stereocenters. The molecule has 0 aliphatic carbocycles. The first-order chi connectivity index (χ1) is 8.70. The third kappa shape index (κ3) is 3.01. The molecule has 3 N–H and O–H groups in total. The van der Waals surface area contributed by atoms with E-state index in [4.69, 9.17) is 10.5 Å². The number of aryl methyl sites for hydroxylation is 1. The molecule has 0 spiro atoms. The summed E-state index contributed by atoms with van der Waals surface area (Å²) in [7, 11) is 0. The third-order valence-electron chi connectivity index (χ3n) is 3.09. The summed E-state index contributed by atoms with van der Waals surface area (Å²) >= 11 is 0. The van der Waals surface area contributed by atoms with Gasteiger partial charge in [-0.2, -0.15) is 5.10 Å². The zero-order valence-electron chi connectivity index (χ0n) is 10.7. The van der Waals surface area contributed by atoms with E-state index in [2.05, 4.69) is 10.4 Å². The van der Waals surface area contributed by atoms with Gasteiger partial charge in [-0.3, -0.25) is 9.48 Å². The van der Waals surface area contributed by atoms with E-state index in [9.17, 15) is 4.79 Å². The van der Waals surface area contributed by atoms with Gasteiger partial charge in [-0.1, -0.05) is 0 Å². The summed E-state index contributed by atoms with van der Waals surface area (Å²) in [5, 5.41) is 6.96. The van der Waals surface area contributed by atoms with Crippen molar-refractivity contribution in [3.05, 3.63) is 11.9 Å². The fourth-order valence-electron chi connectivity index (χ4n) is 2.03. The lowest BCUT2D eigenvalue weighted by atomic mass is 10.1. The number of aromatic nitrogens is 2. The largest absolute Gasteiger partial charge is 0.396 e. The zero-order chi connectivity index (χ0) is 13.0. The molecular weight excluding hydrogens is 232 g/mol. The summed E-state index contributed by atoms with van der Waals surface area (Å²) in [6, 6.07) is 0. The van der Waals surface area contributed by atoms with E-state index in [1.807, 2.05) is 6.92 Å². The maximum atomic E-state index is 11.9. The molecule has 18 heavy (non-hydrogen) atoms. The Morgan fingerprint density at radius 1 is 1.67 bits per heavy atom. The van der Waals surface area contributed by atoms with Crippen molar-refractivity contribution < 1.29 is 9.53 Å². The highest BCUT2D eigenvalue weighted by Gasteiger charge is 2.18. The van der Waals surface area contributed by atoms with Crippen molar-refractivity contribution in [2.24, 2.45) is 0 Å². The maximum Gasteiger partial charge on any atom is 0.274 e. The number of carbonyl (C=O) groups is 1. The number of ether oxygens (including phenoxy) is 1. The van der Waals surface area contributed by atoms with E-state index in [1.54, 1.807) is 10.9 Å². The molecule has 1 fully saturated rings. The number of nitrogens with one attached hydrogen (secondary N) is 1. The number of nitrogens with two attached hydrogens (primary N) is 1. The van der Waals surface area contributed by atoms with Crippen molar-refractivity contribution in [1.82, 2.24) is 15.1 Å². The molecule has 0 saturated carbocycles. The highest BCUT2D eigenvalue weighted by atomic mass is 16.5. The molecule has 1 aromatic heterocycles. The Labute approximate surface area is 106 Å². The summed E-state index contributed by atoms with van der Waals surface area (Å²) < 4.78 is 7.20. The fraction of sp³-hybridized carbons (Fsp3) is 0.667. The second-order valence-corrected chi connectivity index (χ2v) is 4.49. The normalized spacial score (nSPS) is 19.7. The molecule has 100 valence electrons. The van der Waals surface area contributed by atoms with Gasteiger partial charge < -0.3 is 15.8 Å². The molecule has 6 heteroatoms. The number of rotatable bonds is 4. The van der Waals surface area contributed by atoms with Gasteiger partial charge in [0, 0.05) is 25.9 Å². The van der Waals surface area contributed by atoms with Crippen molar-refractivity contribution >= 4 is 11.6 Å². The molecule has 0 bridgehead atoms. The van der Waals surface area contributed by atoms with Gasteiger partial charge in [0.2, 0.25) is 0 Å². The topological polar surface area (TPSA) is 82.2 Å². The molecule has 2 heterocycles. The van der Waals surface area contributed by atoms with Crippen molar-refractivity contribution in [2.45, 2.75) is 38.8 Å². The second-order valence-electron chi connectivity index (χ2n) is 4.49. The van der Waals surface area contributed by atoms with E-state index in [0.717, 1.165) is 25.9 Å². The predicted octanol–water partition coefficient (Wildman–Crippen LogP) is 0.784. The van der Waals surface area contributed by atoms with Crippen LogP contribution in [0, 0.1) is 0 Å². The van der Waals surface area contributed by atoms with E-state index in [-0.39, 0.29) is 12.0 Å². The summed E-state index contributed by atoms with van der Waals surface area (Å²) in [4.78, 5) is 11.9. The van der Waals surface area contributed by atoms with Crippen LogP contribution in [0.3, 0.4) is 0 Å². The van der Waals surface area contributed by atoms with Gasteiger partial charge in [-0.25, -0.2) is 0 Å². The SMILES string of the molecule is CCn1cc(N)c(C(=O)NCC2CCCCO2)n1. The Morgan fingerprint density at radius 3 is 3.11 bits per heavy atom. The fourth-order valence-corrected chi connectivity index (χ4v) is 2.03. The lowest BCUT2D eigenvalue weighted by molar-refractivity contribution is 0.0168. The van der Waals surface area contributed by atoms with Crippen molar-refractivity contribution in [3.63, 3.8) is 0 Å². The summed E-state index contributed by atoms with van der Waals surface area (Å²) in [6.07, 6.45) is 5.06. The molecule has 1 unspecified atom stereocenters. The van der Waals surface area contributed by atoms with Gasteiger partial charge in [0.05, 0.1) is 11.8 Å². The number of hydrogen-bond acceptors (Lipinski definition) is 4. The molecule has 1 saturated heterocycles. The van der Waals surface area contributed by atoms with Crippen LogP contribution in [0.15, 0.2) is 6.20 Å². The predicted molar refractivity (Wildman–Crippen MR) is 68.2 cm³/mol. The molecule has 6 nitrogen and oxygen atoms in total. The van der Waals surface area contributed by atoms with Gasteiger partial charge in [-0.05, 0) is 26.2 Å². The molecule has 2 rings (SSSR count). The van der Waals surface area contributed by atoms with Gasteiger partial charge in [0.15, 0.2) is 5.69 Å². The van der Waals surface area contributed by atoms with Gasteiger partial charge in [0.25, 0.3) is 5.91 Å². The summed E-state index contributed by atoms with van der Waals surface area (Å²) in [5.41, 5.74) is 6.47. The highest BCUT2D eigenvalue weighted by molar-refractivity contribution is 5.96. The Bertz CT molecular complexity index is 410. The number of anilines is 1. The van der Waals surface area contributed by atoms with Crippen molar-refractivity contribution in [2.75, 3.05) is 18.9 Å². The molecule has 0 radical (unpaired) electrons. The van der Waals surface area contributed by atoms with Crippen LogP contribution in [0.25, 0.3) is 0 Å². The summed E-state index contributed by atoms with van der Waals surface area (Å²) in [5.74, 6) is -0.228. The minimum absolute atomic E-state index is 0.122. The summed E-state index contributed by atoms with van der Waals surface area (Å²) in [6.45, 7) is 3.96. The first-order valence-electron chi connectivity index (χ1n) is 6.43. The van der Waals surface area contributed by atoms with Gasteiger partial charge in [-0.15, -0.1) is 0 Å². The number of nitrogen functional groups attached to an aromatic ring is 1. The molecule has 1 aromatic rings. The Kier molecular flexibility index (Phi) is 4.19. The van der Waals surface area contributed by atoms with Crippen LogP contribution in [-0.2, 0) is 11.3 Å². The quantitative estimate of drug-likeness (QED) is 0.829. The van der Waals surface area contributed by atoms with E-state index in [0.29, 0.717) is 24.5 Å². The third-order valence-corrected chi connectivity index (χ3v) is 3.09. The Morgan fingerprint density at radius 2 is 2.50 bits per heavy atom. The number of nitrogens with zero attached hydrogens (tertiary/aromatic N) is 2. The first kappa shape index (κ1) is 12.9. The zero-order valence-corrected chi connectivity index (χ0v) is 10.7. The first-order valence-corrected chi connectivity index (χ1v) is 6.43. The lowest BCUT2D eigenvalue weighted by Gasteiger charge is -2.22. The van der Waals surface area contributed by atoms with Gasteiger partial charge in [0.1, 0.15) is 0 Å². The number of amides is 1. The maximum absolute atomic E-state index is 11.9. The standard InChI is InChI=1S/C12H20N4O2/c1-2-16-8-10(13)11(15-16)12(17)14-7-9-5-3-4-6-18-9/h8-9H,2-7,13H2,1H3,(H,14,17). The van der Waals surface area contributed by atoms with Crippen LogP contribution in [0.1, 0.15) is 36.7 Å². The lowest BCUT2D eigenvalue weighted by Crippen LogP contribution is -2.35. The number of hydrogen-bond donors (Lipinski definition) is 2.